The van der Waals surface area contributed by atoms with Crippen LogP contribution in [0.1, 0.15) is 31.0 Å². The summed E-state index contributed by atoms with van der Waals surface area (Å²) in [7, 11) is 1.51. The number of hydrogen-bond donors (Lipinski definition) is 1. The highest BCUT2D eigenvalue weighted by Gasteiger charge is 2.30. The van der Waals surface area contributed by atoms with Crippen LogP contribution in [0.15, 0.2) is 12.3 Å². The fraction of sp³-hybridized carbons (Fsp3) is 0.706. The Labute approximate surface area is 147 Å². The minimum Gasteiger partial charge on any atom is -0.381 e. The number of carbonyl (C=O) groups is 2. The number of aromatic nitrogens is 2. The molecule has 0 aromatic carbocycles. The Kier molecular flexibility index (Phi) is 6.04. The van der Waals surface area contributed by atoms with Crippen LogP contribution in [-0.2, 0) is 25.6 Å². The summed E-state index contributed by atoms with van der Waals surface area (Å²) in [5.41, 5.74) is 0.943. The van der Waals surface area contributed by atoms with Gasteiger partial charge in [-0.25, -0.2) is 0 Å². The van der Waals surface area contributed by atoms with E-state index in [-0.39, 0.29) is 24.5 Å². The third-order valence-electron chi connectivity index (χ3n) is 4.85. The molecule has 0 saturated carbocycles. The van der Waals surface area contributed by atoms with Crippen molar-refractivity contribution < 1.29 is 19.1 Å². The summed E-state index contributed by atoms with van der Waals surface area (Å²) < 4.78 is 12.2. The Bertz CT molecular complexity index is 597. The van der Waals surface area contributed by atoms with E-state index in [0.29, 0.717) is 32.0 Å². The maximum Gasteiger partial charge on any atom is 0.248 e. The molecule has 2 aliphatic rings. The number of rotatable bonds is 6. The Hall–Kier alpha value is -1.93. The van der Waals surface area contributed by atoms with Crippen molar-refractivity contribution >= 4 is 11.8 Å². The number of fused-ring (bicyclic) bond motifs is 1. The number of amides is 2. The first-order valence-corrected chi connectivity index (χ1v) is 8.81. The molecule has 1 atom stereocenters. The average Bonchev–Trinajstić information content (AvgIpc) is 3.10. The number of methoxy groups -OCH3 is 1. The molecule has 2 amide bonds. The molecular formula is C17H26N4O4. The largest absolute Gasteiger partial charge is 0.381 e. The Balaban J connectivity index is 1.56. The number of carbonyl (C=O) groups excluding carboxylic acids is 2. The SMILES string of the molecule is COCC(=O)N1Cc2ccnn2[C@H](CC(=O)NCC2CCOCC2)C1. The van der Waals surface area contributed by atoms with Crippen molar-refractivity contribution in [1.29, 1.82) is 0 Å². The van der Waals surface area contributed by atoms with Crippen LogP contribution in [0.25, 0.3) is 0 Å². The van der Waals surface area contributed by atoms with Gasteiger partial charge in [0.2, 0.25) is 11.8 Å². The lowest BCUT2D eigenvalue weighted by Gasteiger charge is -2.33. The highest BCUT2D eigenvalue weighted by Crippen LogP contribution is 2.23. The quantitative estimate of drug-likeness (QED) is 0.800. The molecule has 25 heavy (non-hydrogen) atoms. The average molecular weight is 350 g/mol. The molecule has 3 heterocycles. The Morgan fingerprint density at radius 2 is 2.20 bits per heavy atom. The van der Waals surface area contributed by atoms with E-state index in [1.807, 2.05) is 10.7 Å². The van der Waals surface area contributed by atoms with Crippen LogP contribution in [0.4, 0.5) is 0 Å². The van der Waals surface area contributed by atoms with Gasteiger partial charge in [0.15, 0.2) is 0 Å². The van der Waals surface area contributed by atoms with Crippen molar-refractivity contribution in [3.63, 3.8) is 0 Å². The highest BCUT2D eigenvalue weighted by molar-refractivity contribution is 5.78. The first-order valence-electron chi connectivity index (χ1n) is 8.81. The summed E-state index contributed by atoms with van der Waals surface area (Å²) in [5, 5.41) is 7.36. The smallest absolute Gasteiger partial charge is 0.248 e. The normalized spacial score (nSPS) is 21.0. The fourth-order valence-corrected chi connectivity index (χ4v) is 3.44. The predicted molar refractivity (Wildman–Crippen MR) is 89.7 cm³/mol. The van der Waals surface area contributed by atoms with Gasteiger partial charge < -0.3 is 19.7 Å². The molecule has 2 aliphatic heterocycles. The van der Waals surface area contributed by atoms with Crippen LogP contribution in [0.3, 0.4) is 0 Å². The van der Waals surface area contributed by atoms with E-state index < -0.39 is 0 Å². The molecule has 1 fully saturated rings. The number of nitrogens with zero attached hydrogens (tertiary/aromatic N) is 3. The zero-order valence-corrected chi connectivity index (χ0v) is 14.6. The third-order valence-corrected chi connectivity index (χ3v) is 4.85. The van der Waals surface area contributed by atoms with E-state index >= 15 is 0 Å². The molecule has 0 spiro atoms. The Morgan fingerprint density at radius 3 is 2.96 bits per heavy atom. The monoisotopic (exact) mass is 350 g/mol. The van der Waals surface area contributed by atoms with E-state index in [1.165, 1.54) is 7.11 Å². The Morgan fingerprint density at radius 1 is 1.40 bits per heavy atom. The van der Waals surface area contributed by atoms with Crippen molar-refractivity contribution in [2.24, 2.45) is 5.92 Å². The van der Waals surface area contributed by atoms with Crippen LogP contribution in [0, 0.1) is 5.92 Å². The van der Waals surface area contributed by atoms with Gasteiger partial charge in [-0.3, -0.25) is 14.3 Å². The van der Waals surface area contributed by atoms with Gasteiger partial charge in [-0.05, 0) is 24.8 Å². The first-order chi connectivity index (χ1) is 12.2. The molecule has 0 bridgehead atoms. The summed E-state index contributed by atoms with van der Waals surface area (Å²) >= 11 is 0. The van der Waals surface area contributed by atoms with E-state index in [4.69, 9.17) is 9.47 Å². The second-order valence-corrected chi connectivity index (χ2v) is 6.69. The number of nitrogens with one attached hydrogen (secondary N) is 1. The molecular weight excluding hydrogens is 324 g/mol. The van der Waals surface area contributed by atoms with Crippen LogP contribution in [-0.4, -0.2) is 66.5 Å². The van der Waals surface area contributed by atoms with Gasteiger partial charge >= 0.3 is 0 Å². The molecule has 3 rings (SSSR count). The lowest BCUT2D eigenvalue weighted by Crippen LogP contribution is -2.44. The molecule has 8 nitrogen and oxygen atoms in total. The molecule has 1 saturated heterocycles. The molecule has 0 unspecified atom stereocenters. The van der Waals surface area contributed by atoms with Crippen molar-refractivity contribution in [2.45, 2.75) is 31.8 Å². The number of ether oxygens (including phenoxy) is 2. The van der Waals surface area contributed by atoms with Crippen molar-refractivity contribution in [1.82, 2.24) is 20.0 Å². The molecule has 8 heteroatoms. The molecule has 0 aliphatic carbocycles. The van der Waals surface area contributed by atoms with Gasteiger partial charge in [-0.1, -0.05) is 0 Å². The summed E-state index contributed by atoms with van der Waals surface area (Å²) in [6.45, 7) is 3.26. The molecule has 1 aromatic heterocycles. The van der Waals surface area contributed by atoms with Gasteiger partial charge in [0.1, 0.15) is 6.61 Å². The van der Waals surface area contributed by atoms with E-state index in [1.54, 1.807) is 11.1 Å². The lowest BCUT2D eigenvalue weighted by molar-refractivity contribution is -0.138. The van der Waals surface area contributed by atoms with E-state index in [2.05, 4.69) is 10.4 Å². The summed E-state index contributed by atoms with van der Waals surface area (Å²) in [6, 6.07) is 1.74. The van der Waals surface area contributed by atoms with Crippen molar-refractivity contribution in [3.8, 4) is 0 Å². The minimum absolute atomic E-state index is 0.000942. The van der Waals surface area contributed by atoms with Gasteiger partial charge in [0, 0.05) is 39.6 Å². The maximum atomic E-state index is 12.4. The van der Waals surface area contributed by atoms with Gasteiger partial charge in [-0.2, -0.15) is 5.10 Å². The summed E-state index contributed by atoms with van der Waals surface area (Å²) in [4.78, 5) is 26.3. The van der Waals surface area contributed by atoms with Crippen molar-refractivity contribution in [3.05, 3.63) is 18.0 Å². The van der Waals surface area contributed by atoms with Gasteiger partial charge in [0.25, 0.3) is 0 Å². The van der Waals surface area contributed by atoms with Crippen LogP contribution in [0.5, 0.6) is 0 Å². The second kappa shape index (κ2) is 8.44. The summed E-state index contributed by atoms with van der Waals surface area (Å²) in [6.07, 6.45) is 4.01. The standard InChI is InChI=1S/C17H26N4O4/c1-24-12-17(23)20-10-14-2-5-19-21(14)15(11-20)8-16(22)18-9-13-3-6-25-7-4-13/h2,5,13,15H,3-4,6-12H2,1H3,(H,18,22)/t15-/m1/s1. The maximum absolute atomic E-state index is 12.4. The first kappa shape index (κ1) is 17.9. The van der Waals surface area contributed by atoms with Gasteiger partial charge in [0.05, 0.1) is 24.7 Å². The lowest BCUT2D eigenvalue weighted by atomic mass is 10.0. The molecule has 0 radical (unpaired) electrons. The second-order valence-electron chi connectivity index (χ2n) is 6.69. The van der Waals surface area contributed by atoms with Crippen molar-refractivity contribution in [2.75, 3.05) is 40.0 Å². The van der Waals surface area contributed by atoms with Gasteiger partial charge in [-0.15, -0.1) is 0 Å². The summed E-state index contributed by atoms with van der Waals surface area (Å²) in [5.74, 6) is 0.422. The predicted octanol–water partition coefficient (Wildman–Crippen LogP) is 0.346. The zero-order valence-electron chi connectivity index (χ0n) is 14.6. The molecule has 138 valence electrons. The topological polar surface area (TPSA) is 85.7 Å². The molecule has 1 N–H and O–H groups in total. The molecule has 1 aromatic rings. The van der Waals surface area contributed by atoms with Crippen LogP contribution in [0.2, 0.25) is 0 Å². The fourth-order valence-electron chi connectivity index (χ4n) is 3.44. The highest BCUT2D eigenvalue weighted by atomic mass is 16.5. The third kappa shape index (κ3) is 4.58. The van der Waals surface area contributed by atoms with Crippen LogP contribution < -0.4 is 5.32 Å². The zero-order chi connectivity index (χ0) is 17.6. The minimum atomic E-state index is -0.144. The van der Waals surface area contributed by atoms with E-state index in [0.717, 1.165) is 31.7 Å². The van der Waals surface area contributed by atoms with Crippen LogP contribution >= 0.6 is 0 Å². The van der Waals surface area contributed by atoms with E-state index in [9.17, 15) is 9.59 Å². The number of hydrogen-bond acceptors (Lipinski definition) is 5.